The Morgan fingerprint density at radius 1 is 1.10 bits per heavy atom. The third-order valence-electron chi connectivity index (χ3n) is 3.36. The molecule has 102 valence electrons. The van der Waals surface area contributed by atoms with Crippen molar-refractivity contribution in [2.24, 2.45) is 0 Å². The summed E-state index contributed by atoms with van der Waals surface area (Å²) in [7, 11) is -2.53. The second-order valence-corrected chi connectivity index (χ2v) is 6.93. The third kappa shape index (κ3) is 1.76. The lowest BCUT2D eigenvalue weighted by atomic mass is 10.3. The molecular weight excluding hydrogens is 273 g/mol. The van der Waals surface area contributed by atoms with Crippen molar-refractivity contribution in [2.45, 2.75) is 13.0 Å². The number of benzene rings is 2. The van der Waals surface area contributed by atoms with Gasteiger partial charge in [0, 0.05) is 0 Å². The molecule has 2 atom stereocenters. The van der Waals surface area contributed by atoms with E-state index in [9.17, 15) is 0 Å². The zero-order valence-corrected chi connectivity index (χ0v) is 12.0. The first-order valence-electron chi connectivity index (χ1n) is 6.66. The first-order valence-corrected chi connectivity index (χ1v) is 8.15. The monoisotopic (exact) mass is 288 g/mol. The summed E-state index contributed by atoms with van der Waals surface area (Å²) in [6.07, 6.45) is 0.0976. The largest absolute Gasteiger partial charge is 0.623 e. The number of hydrogen-bond acceptors (Lipinski definition) is 4. The highest BCUT2D eigenvalue weighted by Gasteiger charge is 2.68. The Kier molecular flexibility index (Phi) is 2.62. The average Bonchev–Trinajstić information content (AvgIpc) is 2.90. The van der Waals surface area contributed by atoms with Crippen LogP contribution in [0.25, 0.3) is 0 Å². The molecule has 2 unspecified atom stereocenters. The Morgan fingerprint density at radius 3 is 2.70 bits per heavy atom. The van der Waals surface area contributed by atoms with Crippen LogP contribution < -0.4 is 13.7 Å². The van der Waals surface area contributed by atoms with Crippen molar-refractivity contribution >= 4 is 13.8 Å². The Morgan fingerprint density at radius 2 is 1.85 bits per heavy atom. The van der Waals surface area contributed by atoms with Crippen molar-refractivity contribution in [3.63, 3.8) is 0 Å². The van der Waals surface area contributed by atoms with Crippen LogP contribution in [0, 0.1) is 0 Å². The summed E-state index contributed by atoms with van der Waals surface area (Å²) in [5.74, 6) is 1.61. The van der Waals surface area contributed by atoms with Gasteiger partial charge in [0.2, 0.25) is 5.75 Å². The maximum absolute atomic E-state index is 6.13. The highest BCUT2D eigenvalue weighted by Crippen LogP contribution is 2.74. The maximum atomic E-state index is 6.13. The van der Waals surface area contributed by atoms with Crippen LogP contribution in [-0.4, -0.2) is 12.6 Å². The van der Waals surface area contributed by atoms with Crippen LogP contribution in [0.4, 0.5) is 5.69 Å². The van der Waals surface area contributed by atoms with E-state index in [1.54, 1.807) is 0 Å². The number of fused-ring (bicyclic) bond motifs is 3. The highest BCUT2D eigenvalue weighted by molar-refractivity contribution is 7.64. The molecule has 5 heteroatoms. The number of hydrogen-bond donors (Lipinski definition) is 0. The van der Waals surface area contributed by atoms with Crippen LogP contribution in [0.1, 0.15) is 6.92 Å². The van der Waals surface area contributed by atoms with Gasteiger partial charge in [0.05, 0.1) is 6.54 Å². The summed E-state index contributed by atoms with van der Waals surface area (Å²) in [5, 5.41) is 0. The number of para-hydroxylation sites is 3. The molecule has 20 heavy (non-hydrogen) atoms. The molecule has 2 aliphatic rings. The molecule has 2 aromatic rings. The lowest BCUT2D eigenvalue weighted by Crippen LogP contribution is -2.20. The molecule has 0 radical (unpaired) electrons. The molecule has 0 N–H and O–H groups in total. The van der Waals surface area contributed by atoms with Crippen LogP contribution in [0.3, 0.4) is 0 Å². The first-order chi connectivity index (χ1) is 9.77. The molecule has 2 heterocycles. The number of rotatable bonds is 2. The Balaban J connectivity index is 1.73. The molecule has 2 aromatic carbocycles. The summed E-state index contributed by atoms with van der Waals surface area (Å²) >= 11 is 0. The minimum atomic E-state index is -2.53. The molecule has 0 spiro atoms. The van der Waals surface area contributed by atoms with E-state index >= 15 is 0 Å². The fourth-order valence-corrected chi connectivity index (χ4v) is 5.14. The van der Waals surface area contributed by atoms with Gasteiger partial charge in [-0.15, -0.1) is 4.52 Å². The Bertz CT molecular complexity index is 636. The lowest BCUT2D eigenvalue weighted by Gasteiger charge is -2.16. The van der Waals surface area contributed by atoms with Crippen molar-refractivity contribution in [2.75, 3.05) is 11.2 Å². The SMILES string of the molecule is CC1CN2c3ccccc3O[P+]2(Oc2ccccc2)O1. The lowest BCUT2D eigenvalue weighted by molar-refractivity contribution is 0.218. The van der Waals surface area contributed by atoms with Crippen molar-refractivity contribution in [1.82, 2.24) is 0 Å². The third-order valence-corrected chi connectivity index (χ3v) is 5.83. The van der Waals surface area contributed by atoms with Gasteiger partial charge >= 0.3 is 8.09 Å². The van der Waals surface area contributed by atoms with Crippen molar-refractivity contribution < 1.29 is 13.6 Å². The summed E-state index contributed by atoms with van der Waals surface area (Å²) in [5.41, 5.74) is 1.06. The quantitative estimate of drug-likeness (QED) is 0.780. The summed E-state index contributed by atoms with van der Waals surface area (Å²) < 4.78 is 20.4. The molecule has 0 bridgehead atoms. The highest BCUT2D eigenvalue weighted by atomic mass is 31.2. The zero-order chi connectivity index (χ0) is 13.6. The van der Waals surface area contributed by atoms with Gasteiger partial charge in [-0.1, -0.05) is 30.3 Å². The van der Waals surface area contributed by atoms with Gasteiger partial charge in [-0.25, -0.2) is 0 Å². The van der Waals surface area contributed by atoms with Crippen molar-refractivity contribution in [3.8, 4) is 11.5 Å². The minimum Gasteiger partial charge on any atom is -0.259 e. The summed E-state index contributed by atoms with van der Waals surface area (Å²) in [6.45, 7) is 2.83. The van der Waals surface area contributed by atoms with Gasteiger partial charge in [-0.05, 0) is 31.2 Å². The van der Waals surface area contributed by atoms with E-state index in [1.807, 2.05) is 61.5 Å². The molecular formula is C15H15NO3P+. The van der Waals surface area contributed by atoms with Gasteiger partial charge in [-0.3, -0.25) is 9.05 Å². The summed E-state index contributed by atoms with van der Waals surface area (Å²) in [6, 6.07) is 17.7. The Labute approximate surface area is 118 Å². The average molecular weight is 288 g/mol. The second kappa shape index (κ2) is 4.37. The van der Waals surface area contributed by atoms with Gasteiger partial charge in [-0.2, -0.15) is 4.67 Å². The molecule has 2 aliphatic heterocycles. The van der Waals surface area contributed by atoms with Gasteiger partial charge in [0.15, 0.2) is 5.75 Å². The predicted molar refractivity (Wildman–Crippen MR) is 79.0 cm³/mol. The van der Waals surface area contributed by atoms with Gasteiger partial charge in [0.1, 0.15) is 11.8 Å². The molecule has 0 aromatic heterocycles. The number of anilines is 1. The second-order valence-electron chi connectivity index (χ2n) is 4.93. The fourth-order valence-electron chi connectivity index (χ4n) is 2.54. The molecule has 0 amide bonds. The van der Waals surface area contributed by atoms with E-state index in [0.717, 1.165) is 23.7 Å². The summed E-state index contributed by atoms with van der Waals surface area (Å²) in [4.78, 5) is 0. The van der Waals surface area contributed by atoms with E-state index in [1.165, 1.54) is 0 Å². The van der Waals surface area contributed by atoms with Crippen molar-refractivity contribution in [1.29, 1.82) is 0 Å². The first kappa shape index (κ1) is 12.0. The minimum absolute atomic E-state index is 0.0976. The molecule has 4 rings (SSSR count). The van der Waals surface area contributed by atoms with E-state index in [2.05, 4.69) is 4.67 Å². The van der Waals surface area contributed by atoms with E-state index in [0.29, 0.717) is 0 Å². The molecule has 0 saturated carbocycles. The van der Waals surface area contributed by atoms with E-state index in [4.69, 9.17) is 13.6 Å². The maximum Gasteiger partial charge on any atom is 0.623 e. The predicted octanol–water partition coefficient (Wildman–Crippen LogP) is 4.06. The van der Waals surface area contributed by atoms with E-state index in [-0.39, 0.29) is 6.10 Å². The van der Waals surface area contributed by atoms with Crippen LogP contribution in [0.15, 0.2) is 54.6 Å². The van der Waals surface area contributed by atoms with Crippen LogP contribution >= 0.6 is 8.09 Å². The number of nitrogens with zero attached hydrogens (tertiary/aromatic N) is 1. The molecule has 1 saturated heterocycles. The standard InChI is InChI=1S/C15H15NO3P/c1-12-11-16-14-9-5-6-10-15(14)19-20(16,17-12)18-13-7-3-2-4-8-13/h2-10,12H,11H2,1H3/q+1. The van der Waals surface area contributed by atoms with Gasteiger partial charge in [0.25, 0.3) is 0 Å². The fraction of sp³-hybridized carbons (Fsp3) is 0.200. The topological polar surface area (TPSA) is 30.9 Å². The zero-order valence-electron chi connectivity index (χ0n) is 11.1. The van der Waals surface area contributed by atoms with E-state index < -0.39 is 8.09 Å². The normalized spacial score (nSPS) is 26.9. The molecule has 1 fully saturated rings. The van der Waals surface area contributed by atoms with Crippen LogP contribution in [-0.2, 0) is 4.52 Å². The van der Waals surface area contributed by atoms with Crippen LogP contribution in [0.2, 0.25) is 0 Å². The van der Waals surface area contributed by atoms with Crippen molar-refractivity contribution in [3.05, 3.63) is 54.6 Å². The molecule has 0 aliphatic carbocycles. The molecule has 4 nitrogen and oxygen atoms in total. The van der Waals surface area contributed by atoms with Crippen LogP contribution in [0.5, 0.6) is 11.5 Å². The Hall–Kier alpha value is -1.77. The van der Waals surface area contributed by atoms with Gasteiger partial charge < -0.3 is 0 Å². The smallest absolute Gasteiger partial charge is 0.259 e.